The van der Waals surface area contributed by atoms with E-state index in [-0.39, 0.29) is 25.0 Å². The standard InChI is InChI=1S/C14H13NO3/c16-13(5-6-14(17)18)8-12-7-10-3-1-2-4-11(10)9-15-12/h1-4,7,9H,5-6,8H2,(H,17,18). The van der Waals surface area contributed by atoms with Gasteiger partial charge in [0, 0.05) is 30.1 Å². The van der Waals surface area contributed by atoms with Gasteiger partial charge in [-0.05, 0) is 11.5 Å². The molecule has 0 aliphatic rings. The molecular formula is C14H13NO3. The van der Waals surface area contributed by atoms with Crippen molar-refractivity contribution in [2.24, 2.45) is 0 Å². The molecule has 1 N–H and O–H groups in total. The van der Waals surface area contributed by atoms with Crippen LogP contribution in [0.3, 0.4) is 0 Å². The van der Waals surface area contributed by atoms with Gasteiger partial charge in [0.1, 0.15) is 5.78 Å². The number of rotatable bonds is 5. The lowest BCUT2D eigenvalue weighted by Crippen LogP contribution is -2.07. The normalized spacial score (nSPS) is 10.4. The first kappa shape index (κ1) is 12.2. The Hall–Kier alpha value is -2.23. The SMILES string of the molecule is O=C(O)CCC(=O)Cc1cc2ccccc2cn1. The number of carbonyl (C=O) groups is 2. The number of Topliss-reactive ketones (excluding diaryl/α,β-unsaturated/α-hetero) is 1. The van der Waals surface area contributed by atoms with Crippen LogP contribution in [-0.2, 0) is 16.0 Å². The summed E-state index contributed by atoms with van der Waals surface area (Å²) in [5, 5.41) is 10.6. The molecule has 0 unspecified atom stereocenters. The minimum atomic E-state index is -0.949. The van der Waals surface area contributed by atoms with Crippen molar-refractivity contribution in [2.45, 2.75) is 19.3 Å². The molecule has 1 aromatic heterocycles. The van der Waals surface area contributed by atoms with Gasteiger partial charge in [-0.3, -0.25) is 14.6 Å². The van der Waals surface area contributed by atoms with Crippen LogP contribution in [0.15, 0.2) is 36.5 Å². The minimum absolute atomic E-state index is 0.0594. The van der Waals surface area contributed by atoms with Crippen LogP contribution < -0.4 is 0 Å². The van der Waals surface area contributed by atoms with Crippen molar-refractivity contribution in [1.82, 2.24) is 4.98 Å². The van der Waals surface area contributed by atoms with E-state index in [1.54, 1.807) is 6.20 Å². The summed E-state index contributed by atoms with van der Waals surface area (Å²) in [6, 6.07) is 9.65. The lowest BCUT2D eigenvalue weighted by Gasteiger charge is -2.02. The number of carboxylic acids is 1. The topological polar surface area (TPSA) is 67.3 Å². The molecule has 0 amide bonds. The van der Waals surface area contributed by atoms with Gasteiger partial charge in [0.2, 0.25) is 0 Å². The van der Waals surface area contributed by atoms with Crippen LogP contribution in [0.5, 0.6) is 0 Å². The number of hydrogen-bond acceptors (Lipinski definition) is 3. The fraction of sp³-hybridized carbons (Fsp3) is 0.214. The first-order chi connectivity index (χ1) is 8.65. The first-order valence-corrected chi connectivity index (χ1v) is 5.72. The van der Waals surface area contributed by atoms with Crippen LogP contribution in [0, 0.1) is 0 Å². The zero-order valence-corrected chi connectivity index (χ0v) is 9.80. The van der Waals surface area contributed by atoms with Crippen molar-refractivity contribution in [1.29, 1.82) is 0 Å². The number of hydrogen-bond donors (Lipinski definition) is 1. The van der Waals surface area contributed by atoms with Gasteiger partial charge in [0.25, 0.3) is 0 Å². The zero-order valence-electron chi connectivity index (χ0n) is 9.80. The van der Waals surface area contributed by atoms with E-state index in [0.717, 1.165) is 10.8 Å². The van der Waals surface area contributed by atoms with E-state index >= 15 is 0 Å². The molecule has 0 saturated carbocycles. The molecule has 0 bridgehead atoms. The van der Waals surface area contributed by atoms with Gasteiger partial charge < -0.3 is 5.11 Å². The number of benzene rings is 1. The summed E-state index contributed by atoms with van der Waals surface area (Å²) in [4.78, 5) is 26.1. The second-order valence-electron chi connectivity index (χ2n) is 4.13. The van der Waals surface area contributed by atoms with Gasteiger partial charge >= 0.3 is 5.97 Å². The summed E-state index contributed by atoms with van der Waals surface area (Å²) >= 11 is 0. The fourth-order valence-electron chi connectivity index (χ4n) is 1.76. The highest BCUT2D eigenvalue weighted by Gasteiger charge is 2.08. The number of nitrogens with zero attached hydrogens (tertiary/aromatic N) is 1. The number of aromatic nitrogens is 1. The monoisotopic (exact) mass is 243 g/mol. The second kappa shape index (κ2) is 5.40. The van der Waals surface area contributed by atoms with Crippen molar-refractivity contribution in [3.8, 4) is 0 Å². The molecule has 0 radical (unpaired) electrons. The predicted octanol–water partition coefficient (Wildman–Crippen LogP) is 2.21. The Morgan fingerprint density at radius 1 is 1.11 bits per heavy atom. The van der Waals surface area contributed by atoms with E-state index in [4.69, 9.17) is 5.11 Å². The third-order valence-corrected chi connectivity index (χ3v) is 2.68. The van der Waals surface area contributed by atoms with Crippen molar-refractivity contribution in [3.63, 3.8) is 0 Å². The summed E-state index contributed by atoms with van der Waals surface area (Å²) in [5.74, 6) is -1.05. The molecule has 0 atom stereocenters. The smallest absolute Gasteiger partial charge is 0.303 e. The summed E-state index contributed by atoms with van der Waals surface area (Å²) in [5.41, 5.74) is 0.684. The number of carboxylic acid groups (broad SMARTS) is 1. The number of ketones is 1. The third kappa shape index (κ3) is 3.13. The van der Waals surface area contributed by atoms with E-state index in [1.807, 2.05) is 30.3 Å². The number of pyridine rings is 1. The number of aliphatic carboxylic acids is 1. The molecule has 1 heterocycles. The molecule has 2 aromatic rings. The van der Waals surface area contributed by atoms with Crippen LogP contribution in [0.1, 0.15) is 18.5 Å². The molecule has 4 heteroatoms. The van der Waals surface area contributed by atoms with E-state index in [0.29, 0.717) is 5.69 Å². The number of carbonyl (C=O) groups excluding carboxylic acids is 1. The summed E-state index contributed by atoms with van der Waals surface area (Å²) in [7, 11) is 0. The van der Waals surface area contributed by atoms with Crippen molar-refractivity contribution < 1.29 is 14.7 Å². The third-order valence-electron chi connectivity index (χ3n) is 2.68. The van der Waals surface area contributed by atoms with E-state index in [2.05, 4.69) is 4.98 Å². The molecule has 0 saturated heterocycles. The lowest BCUT2D eigenvalue weighted by molar-refractivity contribution is -0.138. The highest BCUT2D eigenvalue weighted by molar-refractivity contribution is 5.86. The van der Waals surface area contributed by atoms with Crippen molar-refractivity contribution in [3.05, 3.63) is 42.2 Å². The van der Waals surface area contributed by atoms with Gasteiger partial charge in [-0.1, -0.05) is 24.3 Å². The summed E-state index contributed by atoms with van der Waals surface area (Å²) in [6.45, 7) is 0. The Balaban J connectivity index is 2.07. The molecule has 1 aromatic carbocycles. The Morgan fingerprint density at radius 3 is 2.56 bits per heavy atom. The highest BCUT2D eigenvalue weighted by Crippen LogP contribution is 2.14. The van der Waals surface area contributed by atoms with Crippen LogP contribution in [0.4, 0.5) is 0 Å². The van der Waals surface area contributed by atoms with Crippen LogP contribution in [0.25, 0.3) is 10.8 Å². The first-order valence-electron chi connectivity index (χ1n) is 5.72. The highest BCUT2D eigenvalue weighted by atomic mass is 16.4. The Kier molecular flexibility index (Phi) is 3.67. The molecule has 2 rings (SSSR count). The second-order valence-corrected chi connectivity index (χ2v) is 4.13. The molecule has 0 aliphatic carbocycles. The van der Waals surface area contributed by atoms with Crippen molar-refractivity contribution in [2.75, 3.05) is 0 Å². The van der Waals surface area contributed by atoms with Gasteiger partial charge in [-0.15, -0.1) is 0 Å². The Labute approximate surface area is 104 Å². The van der Waals surface area contributed by atoms with Crippen molar-refractivity contribution >= 4 is 22.5 Å². The van der Waals surface area contributed by atoms with Gasteiger partial charge in [0.05, 0.1) is 6.42 Å². The Morgan fingerprint density at radius 2 is 1.83 bits per heavy atom. The largest absolute Gasteiger partial charge is 0.481 e. The molecule has 0 fully saturated rings. The molecule has 4 nitrogen and oxygen atoms in total. The maximum Gasteiger partial charge on any atom is 0.303 e. The maximum absolute atomic E-state index is 11.5. The van der Waals surface area contributed by atoms with Gasteiger partial charge in [-0.2, -0.15) is 0 Å². The Bertz CT molecular complexity index is 592. The van der Waals surface area contributed by atoms with E-state index in [1.165, 1.54) is 0 Å². The minimum Gasteiger partial charge on any atom is -0.481 e. The molecule has 18 heavy (non-hydrogen) atoms. The van der Waals surface area contributed by atoms with Gasteiger partial charge in [0.15, 0.2) is 0 Å². The van der Waals surface area contributed by atoms with Crippen LogP contribution in [-0.4, -0.2) is 21.8 Å². The van der Waals surface area contributed by atoms with E-state index < -0.39 is 5.97 Å². The summed E-state index contributed by atoms with van der Waals surface area (Å²) < 4.78 is 0. The molecule has 92 valence electrons. The number of fused-ring (bicyclic) bond motifs is 1. The zero-order chi connectivity index (χ0) is 13.0. The average molecular weight is 243 g/mol. The molecule has 0 spiro atoms. The summed E-state index contributed by atoms with van der Waals surface area (Å²) in [6.07, 6.45) is 1.86. The quantitative estimate of drug-likeness (QED) is 0.874. The van der Waals surface area contributed by atoms with E-state index in [9.17, 15) is 9.59 Å². The fourth-order valence-corrected chi connectivity index (χ4v) is 1.76. The van der Waals surface area contributed by atoms with Gasteiger partial charge in [-0.25, -0.2) is 0 Å². The average Bonchev–Trinajstić information content (AvgIpc) is 2.36. The van der Waals surface area contributed by atoms with Crippen LogP contribution >= 0.6 is 0 Å². The lowest BCUT2D eigenvalue weighted by atomic mass is 10.1. The predicted molar refractivity (Wildman–Crippen MR) is 67.3 cm³/mol. The molecular weight excluding hydrogens is 230 g/mol. The van der Waals surface area contributed by atoms with Crippen LogP contribution in [0.2, 0.25) is 0 Å². The molecule has 0 aliphatic heterocycles. The maximum atomic E-state index is 11.5.